The first-order chi connectivity index (χ1) is 10.6. The van der Waals surface area contributed by atoms with E-state index in [1.807, 2.05) is 55.6 Å². The lowest BCUT2D eigenvalue weighted by Gasteiger charge is -2.15. The Morgan fingerprint density at radius 2 is 1.77 bits per heavy atom. The molecule has 0 aliphatic heterocycles. The van der Waals surface area contributed by atoms with Gasteiger partial charge in [0.15, 0.2) is 5.78 Å². The zero-order chi connectivity index (χ0) is 15.8. The zero-order valence-corrected chi connectivity index (χ0v) is 13.5. The largest absolute Gasteiger partial charge is 0.302 e. The van der Waals surface area contributed by atoms with Gasteiger partial charge in [-0.25, -0.2) is 0 Å². The summed E-state index contributed by atoms with van der Waals surface area (Å²) in [5.74, 6) is 0.134. The summed E-state index contributed by atoms with van der Waals surface area (Å²) in [7, 11) is 2.03. The van der Waals surface area contributed by atoms with Crippen LogP contribution in [0.25, 0.3) is 6.08 Å². The number of allylic oxidation sites excluding steroid dienone is 1. The topological polar surface area (TPSA) is 20.3 Å². The molecular weight excluding hydrogens is 294 g/mol. The fraction of sp³-hybridized carbons (Fsp3) is 0.211. The molecule has 0 saturated heterocycles. The number of ketones is 1. The number of hydrogen-bond donors (Lipinski definition) is 0. The van der Waals surface area contributed by atoms with E-state index in [0.717, 1.165) is 18.7 Å². The molecule has 0 N–H and O–H groups in total. The van der Waals surface area contributed by atoms with E-state index in [2.05, 4.69) is 17.0 Å². The molecule has 0 radical (unpaired) electrons. The van der Waals surface area contributed by atoms with Crippen molar-refractivity contribution < 1.29 is 4.79 Å². The highest BCUT2D eigenvalue weighted by molar-refractivity contribution is 6.30. The summed E-state index contributed by atoms with van der Waals surface area (Å²) in [4.78, 5) is 14.1. The molecule has 0 spiro atoms. The summed E-state index contributed by atoms with van der Waals surface area (Å²) in [5.41, 5.74) is 2.24. The monoisotopic (exact) mass is 313 g/mol. The summed E-state index contributed by atoms with van der Waals surface area (Å²) >= 11 is 5.83. The molecule has 114 valence electrons. The van der Waals surface area contributed by atoms with E-state index in [1.165, 1.54) is 5.56 Å². The van der Waals surface area contributed by atoms with E-state index in [0.29, 0.717) is 11.4 Å². The third-order valence-corrected chi connectivity index (χ3v) is 3.62. The van der Waals surface area contributed by atoms with Crippen LogP contribution < -0.4 is 0 Å². The molecule has 0 aliphatic rings. The van der Waals surface area contributed by atoms with Crippen LogP contribution in [0.15, 0.2) is 60.7 Å². The van der Waals surface area contributed by atoms with Crippen LogP contribution >= 0.6 is 11.6 Å². The quantitative estimate of drug-likeness (QED) is 0.704. The van der Waals surface area contributed by atoms with Crippen molar-refractivity contribution in [2.75, 3.05) is 13.6 Å². The molecule has 3 heteroatoms. The van der Waals surface area contributed by atoms with Crippen LogP contribution in [0.1, 0.15) is 17.5 Å². The molecular formula is C19H20ClNO. The lowest BCUT2D eigenvalue weighted by molar-refractivity contribution is -0.114. The molecule has 2 nitrogen and oxygen atoms in total. The van der Waals surface area contributed by atoms with Crippen LogP contribution in [0.2, 0.25) is 5.02 Å². The van der Waals surface area contributed by atoms with Gasteiger partial charge in [0.25, 0.3) is 0 Å². The highest BCUT2D eigenvalue weighted by atomic mass is 35.5. The maximum Gasteiger partial charge on any atom is 0.156 e. The fourth-order valence-corrected chi connectivity index (χ4v) is 2.25. The molecule has 0 aromatic heterocycles. The Bertz CT molecular complexity index is 620. The summed E-state index contributed by atoms with van der Waals surface area (Å²) < 4.78 is 0. The molecule has 2 aromatic carbocycles. The van der Waals surface area contributed by atoms with Crippen molar-refractivity contribution in [1.82, 2.24) is 4.90 Å². The smallest absolute Gasteiger partial charge is 0.156 e. The minimum atomic E-state index is 0.134. The normalized spacial score (nSPS) is 11.2. The van der Waals surface area contributed by atoms with Gasteiger partial charge in [-0.1, -0.05) is 60.1 Å². The second-order valence-corrected chi connectivity index (χ2v) is 5.76. The first kappa shape index (κ1) is 16.5. The Kier molecular flexibility index (Phi) is 6.38. The molecule has 0 fully saturated rings. The van der Waals surface area contributed by atoms with Crippen molar-refractivity contribution >= 4 is 23.5 Å². The van der Waals surface area contributed by atoms with Crippen molar-refractivity contribution in [3.63, 3.8) is 0 Å². The SMILES string of the molecule is CN(CCC(=O)/C=C/c1ccc(Cl)cc1)Cc1ccccc1. The van der Waals surface area contributed by atoms with Gasteiger partial charge in [0, 0.05) is 24.5 Å². The number of rotatable bonds is 7. The molecule has 0 saturated carbocycles. The number of carbonyl (C=O) groups is 1. The average Bonchev–Trinajstić information content (AvgIpc) is 2.53. The van der Waals surface area contributed by atoms with Crippen molar-refractivity contribution in [1.29, 1.82) is 0 Å². The average molecular weight is 314 g/mol. The molecule has 2 aromatic rings. The van der Waals surface area contributed by atoms with Crippen LogP contribution in [-0.2, 0) is 11.3 Å². The fourth-order valence-electron chi connectivity index (χ4n) is 2.12. The van der Waals surface area contributed by atoms with E-state index < -0.39 is 0 Å². The van der Waals surface area contributed by atoms with Crippen molar-refractivity contribution in [2.24, 2.45) is 0 Å². The highest BCUT2D eigenvalue weighted by Crippen LogP contribution is 2.11. The zero-order valence-electron chi connectivity index (χ0n) is 12.7. The molecule has 2 rings (SSSR count). The number of benzene rings is 2. The molecule has 0 heterocycles. The molecule has 0 atom stereocenters. The lowest BCUT2D eigenvalue weighted by atomic mass is 10.1. The molecule has 0 aliphatic carbocycles. The Labute approximate surface area is 137 Å². The highest BCUT2D eigenvalue weighted by Gasteiger charge is 2.03. The van der Waals surface area contributed by atoms with Crippen LogP contribution in [0.3, 0.4) is 0 Å². The van der Waals surface area contributed by atoms with Gasteiger partial charge in [-0.15, -0.1) is 0 Å². The van der Waals surface area contributed by atoms with Crippen molar-refractivity contribution in [3.8, 4) is 0 Å². The Hall–Kier alpha value is -1.90. The predicted molar refractivity (Wildman–Crippen MR) is 92.9 cm³/mol. The van der Waals surface area contributed by atoms with Gasteiger partial charge in [-0.2, -0.15) is 0 Å². The van der Waals surface area contributed by atoms with Gasteiger partial charge in [-0.3, -0.25) is 4.79 Å². The van der Waals surface area contributed by atoms with Gasteiger partial charge < -0.3 is 4.90 Å². The second kappa shape index (κ2) is 8.52. The van der Waals surface area contributed by atoms with E-state index in [1.54, 1.807) is 6.08 Å². The van der Waals surface area contributed by atoms with Gasteiger partial charge in [0.05, 0.1) is 0 Å². The number of hydrogen-bond acceptors (Lipinski definition) is 2. The van der Waals surface area contributed by atoms with Crippen LogP contribution in [0.5, 0.6) is 0 Å². The minimum absolute atomic E-state index is 0.134. The lowest BCUT2D eigenvalue weighted by Crippen LogP contribution is -2.20. The number of halogens is 1. The van der Waals surface area contributed by atoms with Crippen LogP contribution in [0.4, 0.5) is 0 Å². The summed E-state index contributed by atoms with van der Waals surface area (Å²) in [6.07, 6.45) is 3.99. The maximum atomic E-state index is 11.9. The van der Waals surface area contributed by atoms with E-state index in [4.69, 9.17) is 11.6 Å². The van der Waals surface area contributed by atoms with Gasteiger partial charge >= 0.3 is 0 Å². The summed E-state index contributed by atoms with van der Waals surface area (Å²) in [6, 6.07) is 17.7. The minimum Gasteiger partial charge on any atom is -0.302 e. The van der Waals surface area contributed by atoms with Crippen molar-refractivity contribution in [3.05, 3.63) is 76.8 Å². The molecule has 22 heavy (non-hydrogen) atoms. The third-order valence-electron chi connectivity index (χ3n) is 3.37. The summed E-state index contributed by atoms with van der Waals surface area (Å²) in [6.45, 7) is 1.60. The Balaban J connectivity index is 1.76. The maximum absolute atomic E-state index is 11.9. The van der Waals surface area contributed by atoms with E-state index in [-0.39, 0.29) is 5.78 Å². The van der Waals surface area contributed by atoms with Crippen LogP contribution in [-0.4, -0.2) is 24.3 Å². The van der Waals surface area contributed by atoms with Crippen molar-refractivity contribution in [2.45, 2.75) is 13.0 Å². The van der Waals surface area contributed by atoms with Gasteiger partial charge in [0.2, 0.25) is 0 Å². The molecule has 0 bridgehead atoms. The van der Waals surface area contributed by atoms with Gasteiger partial charge in [0.1, 0.15) is 0 Å². The Morgan fingerprint density at radius 3 is 2.45 bits per heavy atom. The third kappa shape index (κ3) is 5.84. The van der Waals surface area contributed by atoms with Crippen LogP contribution in [0, 0.1) is 0 Å². The Morgan fingerprint density at radius 1 is 1.09 bits per heavy atom. The first-order valence-electron chi connectivity index (χ1n) is 7.32. The number of nitrogens with zero attached hydrogens (tertiary/aromatic N) is 1. The van der Waals surface area contributed by atoms with Gasteiger partial charge in [-0.05, 0) is 36.4 Å². The number of carbonyl (C=O) groups excluding carboxylic acids is 1. The van der Waals surface area contributed by atoms with E-state index >= 15 is 0 Å². The van der Waals surface area contributed by atoms with E-state index in [9.17, 15) is 4.79 Å². The molecule has 0 unspecified atom stereocenters. The summed E-state index contributed by atoms with van der Waals surface area (Å²) in [5, 5.41) is 0.700. The predicted octanol–water partition coefficient (Wildman–Crippen LogP) is 4.44. The standard InChI is InChI=1S/C19H20ClNO/c1-21(15-17-5-3-2-4-6-17)14-13-19(22)12-9-16-7-10-18(20)11-8-16/h2-12H,13-15H2,1H3/b12-9+. The molecule has 0 amide bonds. The first-order valence-corrected chi connectivity index (χ1v) is 7.70. The second-order valence-electron chi connectivity index (χ2n) is 5.32.